The lowest BCUT2D eigenvalue weighted by Crippen LogP contribution is -2.59. The number of carbonyl (C=O) groups is 1. The zero-order valence-electron chi connectivity index (χ0n) is 13.4. The molecule has 21 heavy (non-hydrogen) atoms. The van der Waals surface area contributed by atoms with E-state index in [1.165, 1.54) is 32.1 Å². The van der Waals surface area contributed by atoms with Gasteiger partial charge in [0.25, 0.3) is 0 Å². The summed E-state index contributed by atoms with van der Waals surface area (Å²) < 4.78 is 0. The summed E-state index contributed by atoms with van der Waals surface area (Å²) in [5, 5.41) is 3.23. The highest BCUT2D eigenvalue weighted by molar-refractivity contribution is 5.89. The maximum absolute atomic E-state index is 11.7. The summed E-state index contributed by atoms with van der Waals surface area (Å²) in [6.45, 7) is 9.37. The lowest BCUT2D eigenvalue weighted by molar-refractivity contribution is -0.122. The molecule has 0 saturated heterocycles. The average Bonchev–Trinajstić information content (AvgIpc) is 2.76. The number of rotatable bonds is 0. The Morgan fingerprint density at radius 1 is 1.14 bits per heavy atom. The van der Waals surface area contributed by atoms with Crippen LogP contribution in [0.15, 0.2) is 12.2 Å². The van der Waals surface area contributed by atoms with Gasteiger partial charge in [-0.05, 0) is 80.6 Å². The molecule has 3 fully saturated rings. The molecule has 4 aliphatic rings. The van der Waals surface area contributed by atoms with Crippen molar-refractivity contribution in [3.63, 3.8) is 0 Å². The van der Waals surface area contributed by atoms with Gasteiger partial charge < -0.3 is 5.32 Å². The minimum atomic E-state index is 0.107. The van der Waals surface area contributed by atoms with E-state index < -0.39 is 0 Å². The summed E-state index contributed by atoms with van der Waals surface area (Å²) >= 11 is 0. The first kappa shape index (κ1) is 13.8. The zero-order valence-corrected chi connectivity index (χ0v) is 13.4. The Labute approximate surface area is 128 Å². The van der Waals surface area contributed by atoms with Gasteiger partial charge in [0, 0.05) is 11.5 Å². The van der Waals surface area contributed by atoms with Crippen molar-refractivity contribution in [1.29, 1.82) is 0 Å². The lowest BCUT2D eigenvalue weighted by atomic mass is 9.48. The zero-order chi connectivity index (χ0) is 14.8. The molecule has 1 N–H and O–H groups in total. The number of hydrogen-bond donors (Lipinski definition) is 1. The van der Waals surface area contributed by atoms with E-state index in [1.807, 2.05) is 0 Å². The lowest BCUT2D eigenvalue weighted by Gasteiger charge is -2.58. The minimum absolute atomic E-state index is 0.107. The molecule has 4 rings (SSSR count). The van der Waals surface area contributed by atoms with Gasteiger partial charge in [-0.15, -0.1) is 0 Å². The highest BCUT2D eigenvalue weighted by Gasteiger charge is 2.58. The molecule has 1 amide bonds. The molecule has 0 aromatic carbocycles. The molecular weight excluding hydrogens is 258 g/mol. The van der Waals surface area contributed by atoms with Crippen molar-refractivity contribution in [2.24, 2.45) is 34.5 Å². The fourth-order valence-electron chi connectivity index (χ4n) is 6.44. The second-order valence-electron chi connectivity index (χ2n) is 8.53. The van der Waals surface area contributed by atoms with Gasteiger partial charge in [-0.1, -0.05) is 19.9 Å². The first-order valence-corrected chi connectivity index (χ1v) is 8.78. The van der Waals surface area contributed by atoms with E-state index in [1.54, 1.807) is 6.08 Å². The number of fused-ring (bicyclic) bond motifs is 5. The van der Waals surface area contributed by atoms with Crippen LogP contribution in [-0.2, 0) is 4.79 Å². The van der Waals surface area contributed by atoms with Gasteiger partial charge in [0.2, 0.25) is 5.91 Å². The van der Waals surface area contributed by atoms with Crippen LogP contribution in [0.1, 0.15) is 52.4 Å². The fourth-order valence-corrected chi connectivity index (χ4v) is 6.44. The predicted octanol–water partition coefficient (Wildman–Crippen LogP) is 3.73. The minimum Gasteiger partial charge on any atom is -0.349 e. The second kappa shape index (κ2) is 4.36. The van der Waals surface area contributed by atoms with E-state index in [2.05, 4.69) is 32.2 Å². The van der Waals surface area contributed by atoms with Crippen LogP contribution in [0.5, 0.6) is 0 Å². The summed E-state index contributed by atoms with van der Waals surface area (Å²) in [4.78, 5) is 11.7. The van der Waals surface area contributed by atoms with Gasteiger partial charge in [-0.3, -0.25) is 4.79 Å². The van der Waals surface area contributed by atoms with Crippen molar-refractivity contribution in [2.75, 3.05) is 0 Å². The molecule has 0 spiro atoms. The van der Waals surface area contributed by atoms with Gasteiger partial charge in [-0.25, -0.2) is 0 Å². The molecule has 1 aliphatic heterocycles. The highest BCUT2D eigenvalue weighted by atomic mass is 16.1. The molecule has 7 atom stereocenters. The average molecular weight is 286 g/mol. The van der Waals surface area contributed by atoms with E-state index in [-0.39, 0.29) is 11.3 Å². The van der Waals surface area contributed by atoms with Gasteiger partial charge in [0.15, 0.2) is 0 Å². The van der Waals surface area contributed by atoms with E-state index in [0.717, 1.165) is 24.2 Å². The van der Waals surface area contributed by atoms with Crippen LogP contribution in [0.3, 0.4) is 0 Å². The van der Waals surface area contributed by atoms with E-state index in [9.17, 15) is 4.79 Å². The van der Waals surface area contributed by atoms with Gasteiger partial charge in [0.05, 0.1) is 0 Å². The van der Waals surface area contributed by atoms with Crippen LogP contribution in [0.25, 0.3) is 0 Å². The monoisotopic (exact) mass is 286 g/mol. The third kappa shape index (κ3) is 1.74. The molecule has 1 radical (unpaired) electrons. The molecule has 0 bridgehead atoms. The Bertz CT molecular complexity index is 498. The number of hydrogen-bond acceptors (Lipinski definition) is 1. The number of amides is 1. The Hall–Kier alpha value is -0.790. The van der Waals surface area contributed by atoms with Crippen LogP contribution in [0, 0.1) is 41.4 Å². The van der Waals surface area contributed by atoms with E-state index in [0.29, 0.717) is 17.4 Å². The van der Waals surface area contributed by atoms with Crippen molar-refractivity contribution in [3.8, 4) is 0 Å². The largest absolute Gasteiger partial charge is 0.349 e. The Morgan fingerprint density at radius 2 is 1.95 bits per heavy atom. The van der Waals surface area contributed by atoms with Crippen LogP contribution in [0.4, 0.5) is 0 Å². The van der Waals surface area contributed by atoms with Gasteiger partial charge in [0.1, 0.15) is 0 Å². The third-order valence-corrected chi connectivity index (χ3v) is 7.88. The third-order valence-electron chi connectivity index (χ3n) is 7.88. The van der Waals surface area contributed by atoms with Crippen molar-refractivity contribution in [1.82, 2.24) is 5.32 Å². The summed E-state index contributed by atoms with van der Waals surface area (Å²) in [7, 11) is 0. The first-order chi connectivity index (χ1) is 9.95. The normalized spacial score (nSPS) is 55.4. The number of nitrogens with one attached hydrogen (secondary N) is 1. The summed E-state index contributed by atoms with van der Waals surface area (Å²) in [5.41, 5.74) is 0.656. The quantitative estimate of drug-likeness (QED) is 0.722. The highest BCUT2D eigenvalue weighted by Crippen LogP contribution is 2.64. The standard InChI is InChI=1S/C19H28NO/c1-12-4-6-14-13-5-7-16-19(3,11-9-17(21)20-16)15(13)8-10-18(12,14)2/h9,11-16H,1,4-8,10H2,2-3H3,(H,20,21)/t12-,13?,14?,15?,16?,18-,19+/m0/s1. The second-order valence-corrected chi connectivity index (χ2v) is 8.53. The predicted molar refractivity (Wildman–Crippen MR) is 84.3 cm³/mol. The molecule has 0 aromatic heterocycles. The molecule has 3 aliphatic carbocycles. The van der Waals surface area contributed by atoms with Crippen molar-refractivity contribution >= 4 is 5.91 Å². The van der Waals surface area contributed by atoms with Crippen molar-refractivity contribution < 1.29 is 4.79 Å². The van der Waals surface area contributed by atoms with Crippen LogP contribution < -0.4 is 5.32 Å². The van der Waals surface area contributed by atoms with Gasteiger partial charge in [-0.2, -0.15) is 0 Å². The molecule has 115 valence electrons. The fraction of sp³-hybridized carbons (Fsp3) is 0.789. The number of carbonyl (C=O) groups excluding carboxylic acids is 1. The molecule has 4 unspecified atom stereocenters. The molecule has 1 heterocycles. The SMILES string of the molecule is [CH2][C@H]1CCC2C3CCC4NC(=O)C=C[C@]4(C)C3CC[C@]21C. The molecule has 2 nitrogen and oxygen atoms in total. The molecule has 2 heteroatoms. The molecule has 3 saturated carbocycles. The Morgan fingerprint density at radius 3 is 2.76 bits per heavy atom. The summed E-state index contributed by atoms with van der Waals surface area (Å²) in [6.07, 6.45) is 11.8. The maximum atomic E-state index is 11.7. The first-order valence-electron chi connectivity index (χ1n) is 8.78. The van der Waals surface area contributed by atoms with Crippen LogP contribution >= 0.6 is 0 Å². The topological polar surface area (TPSA) is 29.1 Å². The van der Waals surface area contributed by atoms with Crippen LogP contribution in [0.2, 0.25) is 0 Å². The van der Waals surface area contributed by atoms with E-state index >= 15 is 0 Å². The van der Waals surface area contributed by atoms with E-state index in [4.69, 9.17) is 0 Å². The summed E-state index contributed by atoms with van der Waals surface area (Å²) in [5.74, 6) is 3.21. The molecular formula is C19H28NO. The summed E-state index contributed by atoms with van der Waals surface area (Å²) in [6, 6.07) is 0.359. The maximum Gasteiger partial charge on any atom is 0.243 e. The Kier molecular flexibility index (Phi) is 2.88. The van der Waals surface area contributed by atoms with Crippen molar-refractivity contribution in [2.45, 2.75) is 58.4 Å². The van der Waals surface area contributed by atoms with Crippen LogP contribution in [-0.4, -0.2) is 11.9 Å². The van der Waals surface area contributed by atoms with Crippen molar-refractivity contribution in [3.05, 3.63) is 19.1 Å². The molecule has 0 aromatic rings. The smallest absolute Gasteiger partial charge is 0.243 e. The Balaban J connectivity index is 1.68. The van der Waals surface area contributed by atoms with Gasteiger partial charge >= 0.3 is 0 Å².